The van der Waals surface area contributed by atoms with Crippen LogP contribution in [0.1, 0.15) is 52.1 Å². The van der Waals surface area contributed by atoms with Gasteiger partial charge in [0.15, 0.2) is 0 Å². The third kappa shape index (κ3) is 3.42. The average Bonchev–Trinajstić information content (AvgIpc) is 2.49. The molecule has 3 atom stereocenters. The van der Waals surface area contributed by atoms with Crippen molar-refractivity contribution in [1.82, 2.24) is 10.2 Å². The minimum atomic E-state index is 0.476. The van der Waals surface area contributed by atoms with E-state index in [1.807, 2.05) is 0 Å². The molecule has 2 rings (SSSR count). The lowest BCUT2D eigenvalue weighted by molar-refractivity contribution is 0.0650. The zero-order valence-electron chi connectivity index (χ0n) is 13.5. The van der Waals surface area contributed by atoms with Gasteiger partial charge in [-0.25, -0.2) is 0 Å². The van der Waals surface area contributed by atoms with Gasteiger partial charge in [0.25, 0.3) is 0 Å². The molecule has 3 unspecified atom stereocenters. The fraction of sp³-hybridized carbons (Fsp3) is 0.667. The first-order valence-electron chi connectivity index (χ1n) is 8.21. The van der Waals surface area contributed by atoms with E-state index in [0.29, 0.717) is 18.1 Å². The van der Waals surface area contributed by atoms with Gasteiger partial charge in [0.1, 0.15) is 0 Å². The Bertz CT molecular complexity index is 386. The van der Waals surface area contributed by atoms with E-state index in [1.165, 1.54) is 18.4 Å². The lowest BCUT2D eigenvalue weighted by atomic mass is 9.91. The second-order valence-corrected chi connectivity index (χ2v) is 6.23. The number of piperazine rings is 1. The van der Waals surface area contributed by atoms with Gasteiger partial charge in [0.05, 0.1) is 0 Å². The zero-order valence-corrected chi connectivity index (χ0v) is 13.5. The van der Waals surface area contributed by atoms with E-state index in [2.05, 4.69) is 68.2 Å². The van der Waals surface area contributed by atoms with Crippen molar-refractivity contribution in [1.29, 1.82) is 0 Å². The fourth-order valence-electron chi connectivity index (χ4n) is 3.60. The quantitative estimate of drug-likeness (QED) is 0.877. The predicted octanol–water partition coefficient (Wildman–Crippen LogP) is 3.85. The van der Waals surface area contributed by atoms with Crippen LogP contribution in [0.4, 0.5) is 0 Å². The van der Waals surface area contributed by atoms with E-state index < -0.39 is 0 Å². The van der Waals surface area contributed by atoms with E-state index >= 15 is 0 Å². The van der Waals surface area contributed by atoms with Crippen LogP contribution in [0.3, 0.4) is 0 Å². The Labute approximate surface area is 124 Å². The van der Waals surface area contributed by atoms with Crippen LogP contribution in [-0.4, -0.2) is 30.1 Å². The zero-order chi connectivity index (χ0) is 14.5. The predicted molar refractivity (Wildman–Crippen MR) is 86.9 cm³/mol. The molecule has 0 amide bonds. The van der Waals surface area contributed by atoms with Crippen LogP contribution in [0.15, 0.2) is 30.3 Å². The third-order valence-electron chi connectivity index (χ3n) is 5.08. The minimum absolute atomic E-state index is 0.476. The Morgan fingerprint density at radius 3 is 2.45 bits per heavy atom. The highest BCUT2D eigenvalue weighted by molar-refractivity contribution is 5.20. The molecule has 112 valence electrons. The van der Waals surface area contributed by atoms with Gasteiger partial charge in [0.2, 0.25) is 0 Å². The number of nitrogens with one attached hydrogen (secondary N) is 1. The Kier molecular flexibility index (Phi) is 5.62. The molecule has 1 aliphatic rings. The molecular formula is C18H30N2. The molecule has 1 fully saturated rings. The molecule has 1 N–H and O–H groups in total. The maximum Gasteiger partial charge on any atom is 0.0450 e. The Balaban J connectivity index is 2.08. The summed E-state index contributed by atoms with van der Waals surface area (Å²) in [5.74, 6) is 0.812. The van der Waals surface area contributed by atoms with Crippen molar-refractivity contribution in [2.75, 3.05) is 13.1 Å². The molecule has 1 saturated heterocycles. The number of benzene rings is 1. The lowest BCUT2D eigenvalue weighted by Crippen LogP contribution is -2.56. The largest absolute Gasteiger partial charge is 0.307 e. The summed E-state index contributed by atoms with van der Waals surface area (Å²) in [4.78, 5) is 2.71. The number of hydrogen-bond acceptors (Lipinski definition) is 2. The summed E-state index contributed by atoms with van der Waals surface area (Å²) in [5, 5.41) is 3.70. The summed E-state index contributed by atoms with van der Waals surface area (Å²) < 4.78 is 0. The maximum atomic E-state index is 3.70. The maximum absolute atomic E-state index is 3.70. The van der Waals surface area contributed by atoms with Crippen molar-refractivity contribution < 1.29 is 0 Å². The molecule has 1 aromatic rings. The van der Waals surface area contributed by atoms with Crippen LogP contribution in [0.2, 0.25) is 0 Å². The summed E-state index contributed by atoms with van der Waals surface area (Å²) in [6, 6.07) is 12.6. The summed E-state index contributed by atoms with van der Waals surface area (Å²) in [5.41, 5.74) is 1.42. The molecule has 0 radical (unpaired) electrons. The van der Waals surface area contributed by atoms with Crippen molar-refractivity contribution in [3.8, 4) is 0 Å². The molecule has 2 heteroatoms. The Hall–Kier alpha value is -0.860. The summed E-state index contributed by atoms with van der Waals surface area (Å²) in [6.45, 7) is 11.6. The summed E-state index contributed by atoms with van der Waals surface area (Å²) in [6.07, 6.45) is 2.56. The van der Waals surface area contributed by atoms with Gasteiger partial charge in [-0.15, -0.1) is 0 Å². The fourth-order valence-corrected chi connectivity index (χ4v) is 3.60. The van der Waals surface area contributed by atoms with Crippen LogP contribution >= 0.6 is 0 Å². The van der Waals surface area contributed by atoms with Gasteiger partial charge >= 0.3 is 0 Å². The first-order chi connectivity index (χ1) is 9.67. The van der Waals surface area contributed by atoms with Gasteiger partial charge in [-0.05, 0) is 25.3 Å². The third-order valence-corrected chi connectivity index (χ3v) is 5.08. The van der Waals surface area contributed by atoms with Gasteiger partial charge in [-0.3, -0.25) is 4.90 Å². The molecule has 2 nitrogen and oxygen atoms in total. The Morgan fingerprint density at radius 2 is 1.85 bits per heavy atom. The molecule has 0 spiro atoms. The average molecular weight is 274 g/mol. The first kappa shape index (κ1) is 15.5. The number of rotatable bonds is 5. The topological polar surface area (TPSA) is 15.3 Å². The smallest absolute Gasteiger partial charge is 0.0450 e. The van der Waals surface area contributed by atoms with Crippen LogP contribution in [-0.2, 0) is 0 Å². The highest BCUT2D eigenvalue weighted by Crippen LogP contribution is 2.26. The highest BCUT2D eigenvalue weighted by atomic mass is 15.2. The van der Waals surface area contributed by atoms with Crippen LogP contribution in [0.5, 0.6) is 0 Å². The lowest BCUT2D eigenvalue weighted by Gasteiger charge is -2.44. The SMILES string of the molecule is CCC(CC)C(C)N1CC(c2ccccc2)NCC1C. The molecular weight excluding hydrogens is 244 g/mol. The Morgan fingerprint density at radius 1 is 1.20 bits per heavy atom. The molecule has 0 aliphatic carbocycles. The van der Waals surface area contributed by atoms with Gasteiger partial charge < -0.3 is 5.32 Å². The van der Waals surface area contributed by atoms with Crippen LogP contribution in [0.25, 0.3) is 0 Å². The van der Waals surface area contributed by atoms with Crippen molar-refractivity contribution in [3.63, 3.8) is 0 Å². The molecule has 1 aromatic carbocycles. The van der Waals surface area contributed by atoms with Gasteiger partial charge in [-0.1, -0.05) is 57.0 Å². The first-order valence-corrected chi connectivity index (χ1v) is 8.21. The highest BCUT2D eigenvalue weighted by Gasteiger charge is 2.31. The standard InChI is InChI=1S/C18H30N2/c1-5-16(6-2)15(4)20-13-18(19-12-14(20)3)17-10-8-7-9-11-17/h7-11,14-16,18-19H,5-6,12-13H2,1-4H3. The molecule has 0 saturated carbocycles. The summed E-state index contributed by atoms with van der Waals surface area (Å²) >= 11 is 0. The van der Waals surface area contributed by atoms with E-state index in [9.17, 15) is 0 Å². The van der Waals surface area contributed by atoms with Gasteiger partial charge in [-0.2, -0.15) is 0 Å². The number of nitrogens with zero attached hydrogens (tertiary/aromatic N) is 1. The van der Waals surface area contributed by atoms with Crippen LogP contribution < -0.4 is 5.32 Å². The second kappa shape index (κ2) is 7.24. The van der Waals surface area contributed by atoms with Crippen molar-refractivity contribution in [3.05, 3.63) is 35.9 Å². The van der Waals surface area contributed by atoms with Crippen molar-refractivity contribution in [2.45, 2.75) is 58.7 Å². The second-order valence-electron chi connectivity index (χ2n) is 6.23. The molecule has 0 bridgehead atoms. The summed E-state index contributed by atoms with van der Waals surface area (Å²) in [7, 11) is 0. The molecule has 20 heavy (non-hydrogen) atoms. The molecule has 1 heterocycles. The normalized spacial score (nSPS) is 25.9. The van der Waals surface area contributed by atoms with Gasteiger partial charge in [0, 0.05) is 31.2 Å². The molecule has 1 aliphatic heterocycles. The van der Waals surface area contributed by atoms with E-state index in [4.69, 9.17) is 0 Å². The van der Waals surface area contributed by atoms with E-state index in [1.54, 1.807) is 0 Å². The van der Waals surface area contributed by atoms with Crippen molar-refractivity contribution >= 4 is 0 Å². The van der Waals surface area contributed by atoms with E-state index in [0.717, 1.165) is 19.0 Å². The minimum Gasteiger partial charge on any atom is -0.307 e. The van der Waals surface area contributed by atoms with E-state index in [-0.39, 0.29) is 0 Å². The molecule has 0 aromatic heterocycles. The monoisotopic (exact) mass is 274 g/mol. The van der Waals surface area contributed by atoms with Crippen molar-refractivity contribution in [2.24, 2.45) is 5.92 Å². The van der Waals surface area contributed by atoms with Crippen LogP contribution in [0, 0.1) is 5.92 Å². The number of hydrogen-bond donors (Lipinski definition) is 1.